The average molecular weight is 391 g/mol. The molecule has 0 aliphatic rings. The molecule has 0 bridgehead atoms. The molecule has 2 aromatic rings. The van der Waals surface area contributed by atoms with Gasteiger partial charge in [0.05, 0.1) is 25.5 Å². The van der Waals surface area contributed by atoms with Crippen LogP contribution >= 0.6 is 11.3 Å². The van der Waals surface area contributed by atoms with E-state index in [9.17, 15) is 9.59 Å². The molecule has 0 aliphatic carbocycles. The van der Waals surface area contributed by atoms with Gasteiger partial charge in [-0.2, -0.15) is 0 Å². The van der Waals surface area contributed by atoms with Gasteiger partial charge < -0.3 is 19.7 Å². The van der Waals surface area contributed by atoms with Gasteiger partial charge in [0.25, 0.3) is 5.91 Å². The van der Waals surface area contributed by atoms with Crippen LogP contribution in [0.5, 0.6) is 11.5 Å². The molecule has 1 N–H and O–H groups in total. The highest BCUT2D eigenvalue weighted by Gasteiger charge is 2.25. The minimum Gasteiger partial charge on any atom is -0.497 e. The van der Waals surface area contributed by atoms with Crippen molar-refractivity contribution in [1.82, 2.24) is 9.88 Å². The molecule has 8 heteroatoms. The summed E-state index contributed by atoms with van der Waals surface area (Å²) in [6.45, 7) is 7.48. The van der Waals surface area contributed by atoms with Crippen LogP contribution in [0.15, 0.2) is 18.2 Å². The number of amides is 2. The molecule has 0 atom stereocenters. The number of thiazole rings is 1. The molecule has 0 unspecified atom stereocenters. The molecule has 0 fully saturated rings. The number of nitrogens with zero attached hydrogens (tertiary/aromatic N) is 2. The summed E-state index contributed by atoms with van der Waals surface area (Å²) in [4.78, 5) is 32.3. The van der Waals surface area contributed by atoms with Gasteiger partial charge in [-0.3, -0.25) is 9.59 Å². The summed E-state index contributed by atoms with van der Waals surface area (Å²) >= 11 is 1.41. The first-order valence-electron chi connectivity index (χ1n) is 8.53. The second-order valence-corrected chi connectivity index (χ2v) is 7.51. The lowest BCUT2D eigenvalue weighted by Crippen LogP contribution is -2.42. The molecule has 0 radical (unpaired) electrons. The molecule has 7 nitrogen and oxygen atoms in total. The standard InChI is InChI=1S/C19H25N3O4S/c1-11(2)22(10-17(23)21-19-20-12(3)13(4)27-19)18(24)15-8-7-14(25-5)9-16(15)26-6/h7-9,11H,10H2,1-6H3,(H,20,21,23). The smallest absolute Gasteiger partial charge is 0.258 e. The maximum atomic E-state index is 13.0. The third-order valence-corrected chi connectivity index (χ3v) is 5.10. The van der Waals surface area contributed by atoms with E-state index in [0.29, 0.717) is 22.2 Å². The molecule has 1 aromatic carbocycles. The molecule has 1 aromatic heterocycles. The maximum absolute atomic E-state index is 13.0. The third-order valence-electron chi connectivity index (χ3n) is 4.11. The van der Waals surface area contributed by atoms with Crippen molar-refractivity contribution in [3.63, 3.8) is 0 Å². The van der Waals surface area contributed by atoms with Crippen molar-refractivity contribution in [2.24, 2.45) is 0 Å². The van der Waals surface area contributed by atoms with Crippen LogP contribution in [-0.4, -0.2) is 48.5 Å². The molecule has 1 heterocycles. The summed E-state index contributed by atoms with van der Waals surface area (Å²) in [6, 6.07) is 4.80. The lowest BCUT2D eigenvalue weighted by Gasteiger charge is -2.26. The van der Waals surface area contributed by atoms with Crippen LogP contribution < -0.4 is 14.8 Å². The normalized spacial score (nSPS) is 10.6. The van der Waals surface area contributed by atoms with E-state index < -0.39 is 0 Å². The number of rotatable bonds is 7. The number of nitrogens with one attached hydrogen (secondary N) is 1. The number of methoxy groups -OCH3 is 2. The molecule has 27 heavy (non-hydrogen) atoms. The molecule has 2 rings (SSSR count). The van der Waals surface area contributed by atoms with Gasteiger partial charge in [0.15, 0.2) is 5.13 Å². The second-order valence-electron chi connectivity index (χ2n) is 6.30. The molecule has 146 valence electrons. The molecule has 0 spiro atoms. The quantitative estimate of drug-likeness (QED) is 0.783. The average Bonchev–Trinajstić information content (AvgIpc) is 2.95. The van der Waals surface area contributed by atoms with Crippen molar-refractivity contribution in [3.8, 4) is 11.5 Å². The van der Waals surface area contributed by atoms with Crippen LogP contribution in [0.3, 0.4) is 0 Å². The Morgan fingerprint density at radius 1 is 1.22 bits per heavy atom. The summed E-state index contributed by atoms with van der Waals surface area (Å²) in [7, 11) is 3.04. The number of anilines is 1. The van der Waals surface area contributed by atoms with Gasteiger partial charge in [0, 0.05) is 17.0 Å². The highest BCUT2D eigenvalue weighted by molar-refractivity contribution is 7.15. The first-order valence-corrected chi connectivity index (χ1v) is 9.35. The predicted octanol–water partition coefficient (Wildman–Crippen LogP) is 3.27. The summed E-state index contributed by atoms with van der Waals surface area (Å²) < 4.78 is 10.5. The predicted molar refractivity (Wildman–Crippen MR) is 106 cm³/mol. The summed E-state index contributed by atoms with van der Waals surface area (Å²) in [5, 5.41) is 3.30. The van der Waals surface area contributed by atoms with Crippen LogP contribution in [0.4, 0.5) is 5.13 Å². The number of carbonyl (C=O) groups is 2. The van der Waals surface area contributed by atoms with Crippen molar-refractivity contribution in [1.29, 1.82) is 0 Å². The fourth-order valence-electron chi connectivity index (χ4n) is 2.46. The number of ether oxygens (including phenoxy) is 2. The monoisotopic (exact) mass is 391 g/mol. The van der Waals surface area contributed by atoms with E-state index in [1.807, 2.05) is 27.7 Å². The van der Waals surface area contributed by atoms with Gasteiger partial charge in [-0.1, -0.05) is 0 Å². The third kappa shape index (κ3) is 4.97. The van der Waals surface area contributed by atoms with Crippen molar-refractivity contribution in [2.75, 3.05) is 26.1 Å². The minimum atomic E-state index is -0.293. The van der Waals surface area contributed by atoms with Crippen molar-refractivity contribution in [2.45, 2.75) is 33.7 Å². The largest absolute Gasteiger partial charge is 0.497 e. The Labute approximate surface area is 163 Å². The number of aryl methyl sites for hydroxylation is 2. The number of benzene rings is 1. The van der Waals surface area contributed by atoms with Crippen LogP contribution in [0.25, 0.3) is 0 Å². The molecule has 0 saturated heterocycles. The van der Waals surface area contributed by atoms with Crippen LogP contribution in [0, 0.1) is 13.8 Å². The number of aromatic nitrogens is 1. The summed E-state index contributed by atoms with van der Waals surface area (Å²) in [5.41, 5.74) is 1.26. The zero-order valence-electron chi connectivity index (χ0n) is 16.5. The highest BCUT2D eigenvalue weighted by Crippen LogP contribution is 2.26. The van der Waals surface area contributed by atoms with E-state index in [2.05, 4.69) is 10.3 Å². The van der Waals surface area contributed by atoms with Crippen LogP contribution in [0.1, 0.15) is 34.8 Å². The van der Waals surface area contributed by atoms with Crippen LogP contribution in [-0.2, 0) is 4.79 Å². The molecule has 0 saturated carbocycles. The van der Waals surface area contributed by atoms with Crippen molar-refractivity contribution in [3.05, 3.63) is 34.3 Å². The summed E-state index contributed by atoms with van der Waals surface area (Å²) in [6.07, 6.45) is 0. The van der Waals surface area contributed by atoms with Crippen molar-refractivity contribution >= 4 is 28.3 Å². The molecular weight excluding hydrogens is 366 g/mol. The van der Waals surface area contributed by atoms with E-state index in [0.717, 1.165) is 10.6 Å². The highest BCUT2D eigenvalue weighted by atomic mass is 32.1. The van der Waals surface area contributed by atoms with E-state index >= 15 is 0 Å². The zero-order chi connectivity index (χ0) is 20.1. The van der Waals surface area contributed by atoms with E-state index in [-0.39, 0.29) is 24.4 Å². The van der Waals surface area contributed by atoms with Gasteiger partial charge in [-0.05, 0) is 39.8 Å². The van der Waals surface area contributed by atoms with Gasteiger partial charge in [0.2, 0.25) is 5.91 Å². The Hall–Kier alpha value is -2.61. The van der Waals surface area contributed by atoms with E-state index in [1.165, 1.54) is 23.3 Å². The maximum Gasteiger partial charge on any atom is 0.258 e. The second kappa shape index (κ2) is 8.85. The topological polar surface area (TPSA) is 80.8 Å². The number of hydrogen-bond donors (Lipinski definition) is 1. The van der Waals surface area contributed by atoms with Gasteiger partial charge in [0.1, 0.15) is 18.0 Å². The SMILES string of the molecule is COc1ccc(C(=O)N(CC(=O)Nc2nc(C)c(C)s2)C(C)C)c(OC)c1. The zero-order valence-corrected chi connectivity index (χ0v) is 17.3. The van der Waals surface area contributed by atoms with Gasteiger partial charge >= 0.3 is 0 Å². The Morgan fingerprint density at radius 3 is 2.44 bits per heavy atom. The number of carbonyl (C=O) groups excluding carboxylic acids is 2. The lowest BCUT2D eigenvalue weighted by molar-refractivity contribution is -0.117. The Morgan fingerprint density at radius 2 is 1.93 bits per heavy atom. The van der Waals surface area contributed by atoms with Gasteiger partial charge in [-0.15, -0.1) is 11.3 Å². The van der Waals surface area contributed by atoms with E-state index in [1.54, 1.807) is 25.3 Å². The van der Waals surface area contributed by atoms with Crippen molar-refractivity contribution < 1.29 is 19.1 Å². The van der Waals surface area contributed by atoms with E-state index in [4.69, 9.17) is 9.47 Å². The molecule has 0 aliphatic heterocycles. The minimum absolute atomic E-state index is 0.0800. The Kier molecular flexibility index (Phi) is 6.79. The lowest BCUT2D eigenvalue weighted by atomic mass is 10.1. The fraction of sp³-hybridized carbons (Fsp3) is 0.421. The molecular formula is C19H25N3O4S. The molecule has 2 amide bonds. The first-order chi connectivity index (χ1) is 12.8. The Bertz CT molecular complexity index is 813. The summed E-state index contributed by atoms with van der Waals surface area (Å²) in [5.74, 6) is 0.410. The fourth-order valence-corrected chi connectivity index (χ4v) is 3.29. The number of hydrogen-bond acceptors (Lipinski definition) is 6. The Balaban J connectivity index is 2.18. The first kappa shape index (κ1) is 20.7. The van der Waals surface area contributed by atoms with Crippen LogP contribution in [0.2, 0.25) is 0 Å². The van der Waals surface area contributed by atoms with Gasteiger partial charge in [-0.25, -0.2) is 4.98 Å².